The first-order chi connectivity index (χ1) is 17.9. The van der Waals surface area contributed by atoms with E-state index in [0.29, 0.717) is 6.54 Å². The van der Waals surface area contributed by atoms with Gasteiger partial charge in [-0.05, 0) is 39.7 Å². The van der Waals surface area contributed by atoms with E-state index >= 15 is 4.39 Å². The standard InChI is InChI=1S/C27H35F4N4O2P/c1-5-26(11-12-33(3)15-26)32-20-13-21(36)35(27(9-10-27)25(30)31)14-19(20)24(37)34(4)16(2)17-7-6-8-18(22(17)28)23(29)38/h6-8,13-14,16,23,25,32H,5,9-12,15,38H2,1-4H3/t16-,23?,26+/m1/s1. The highest BCUT2D eigenvalue weighted by Crippen LogP contribution is 2.48. The predicted octanol–water partition coefficient (Wildman–Crippen LogP) is 5.31. The first kappa shape index (κ1) is 28.6. The number of alkyl halides is 3. The van der Waals surface area contributed by atoms with Crippen molar-refractivity contribution < 1.29 is 22.4 Å². The second-order valence-electron chi connectivity index (χ2n) is 10.7. The first-order valence-corrected chi connectivity index (χ1v) is 13.5. The topological polar surface area (TPSA) is 57.6 Å². The number of pyridine rings is 1. The van der Waals surface area contributed by atoms with E-state index in [-0.39, 0.29) is 35.2 Å². The van der Waals surface area contributed by atoms with Crippen molar-refractivity contribution in [2.45, 2.75) is 69.0 Å². The fraction of sp³-hybridized carbons (Fsp3) is 0.556. The minimum absolute atomic E-state index is 0.0548. The number of likely N-dealkylation sites (N-methyl/N-ethyl adjacent to an activating group) is 1. The molecule has 1 aliphatic carbocycles. The van der Waals surface area contributed by atoms with Crippen LogP contribution in [0.1, 0.15) is 73.0 Å². The lowest BCUT2D eigenvalue weighted by Crippen LogP contribution is -2.43. The lowest BCUT2D eigenvalue weighted by Gasteiger charge is -2.33. The van der Waals surface area contributed by atoms with Crippen LogP contribution in [0.25, 0.3) is 0 Å². The normalized spacial score (nSPS) is 22.4. The molecule has 1 saturated carbocycles. The quantitative estimate of drug-likeness (QED) is 0.337. The number of halogens is 4. The summed E-state index contributed by atoms with van der Waals surface area (Å²) in [4.78, 5) is 30.4. The molecule has 1 aromatic carbocycles. The Balaban J connectivity index is 1.77. The van der Waals surface area contributed by atoms with Crippen molar-refractivity contribution in [1.29, 1.82) is 0 Å². The van der Waals surface area contributed by atoms with Gasteiger partial charge in [0.05, 0.1) is 22.8 Å². The molecule has 2 unspecified atom stereocenters. The molecule has 4 atom stereocenters. The number of amides is 1. The van der Waals surface area contributed by atoms with E-state index in [9.17, 15) is 22.8 Å². The molecule has 2 aromatic rings. The monoisotopic (exact) mass is 554 g/mol. The largest absolute Gasteiger partial charge is 0.377 e. The molecule has 4 rings (SSSR count). The summed E-state index contributed by atoms with van der Waals surface area (Å²) in [5.74, 6) is -2.93. The third kappa shape index (κ3) is 5.09. The molecule has 1 saturated heterocycles. The van der Waals surface area contributed by atoms with Gasteiger partial charge in [0, 0.05) is 43.5 Å². The second kappa shape index (κ2) is 10.6. The molecule has 1 N–H and O–H groups in total. The third-order valence-corrected chi connectivity index (χ3v) is 8.62. The van der Waals surface area contributed by atoms with Crippen LogP contribution >= 0.6 is 9.24 Å². The van der Waals surface area contributed by atoms with E-state index in [1.165, 1.54) is 42.4 Å². The van der Waals surface area contributed by atoms with Crippen LogP contribution in [0.15, 0.2) is 35.3 Å². The highest BCUT2D eigenvalue weighted by atomic mass is 31.0. The van der Waals surface area contributed by atoms with Gasteiger partial charge in [-0.25, -0.2) is 17.6 Å². The maximum Gasteiger partial charge on any atom is 0.261 e. The molecule has 2 heterocycles. The van der Waals surface area contributed by atoms with Crippen molar-refractivity contribution in [2.24, 2.45) is 0 Å². The molecule has 2 fully saturated rings. The SMILES string of the molecule is CC[C@]1(Nc2cc(=O)n(C3(C(F)F)CC3)cc2C(=O)N(C)[C@H](C)c2cccc(C(F)P)c2F)CCN(C)C1. The first-order valence-electron chi connectivity index (χ1n) is 12.8. The van der Waals surface area contributed by atoms with Crippen molar-refractivity contribution in [2.75, 3.05) is 32.5 Å². The maximum atomic E-state index is 15.1. The van der Waals surface area contributed by atoms with E-state index in [2.05, 4.69) is 10.2 Å². The Bertz CT molecular complexity index is 1270. The highest BCUT2D eigenvalue weighted by molar-refractivity contribution is 7.16. The Morgan fingerprint density at radius 2 is 1.87 bits per heavy atom. The Kier molecular flexibility index (Phi) is 7.97. The Labute approximate surface area is 222 Å². The van der Waals surface area contributed by atoms with Crippen LogP contribution in [0.4, 0.5) is 23.2 Å². The van der Waals surface area contributed by atoms with Crippen LogP contribution in [-0.2, 0) is 5.54 Å². The van der Waals surface area contributed by atoms with Crippen LogP contribution in [0, 0.1) is 5.82 Å². The molecule has 1 aromatic heterocycles. The summed E-state index contributed by atoms with van der Waals surface area (Å²) in [7, 11) is 5.37. The van der Waals surface area contributed by atoms with Gasteiger partial charge >= 0.3 is 0 Å². The number of carbonyl (C=O) groups excluding carboxylic acids is 1. The molecule has 1 aliphatic heterocycles. The van der Waals surface area contributed by atoms with Crippen molar-refractivity contribution in [3.63, 3.8) is 0 Å². The zero-order chi connectivity index (χ0) is 28.0. The number of nitrogens with one attached hydrogen (secondary N) is 1. The molecule has 2 aliphatic rings. The summed E-state index contributed by atoms with van der Waals surface area (Å²) in [5, 5.41) is 3.41. The summed E-state index contributed by atoms with van der Waals surface area (Å²) < 4.78 is 57.9. The zero-order valence-electron chi connectivity index (χ0n) is 22.1. The number of nitrogens with zero attached hydrogens (tertiary/aromatic N) is 3. The van der Waals surface area contributed by atoms with E-state index in [0.717, 1.165) is 24.0 Å². The summed E-state index contributed by atoms with van der Waals surface area (Å²) in [6.07, 6.45) is 0.239. The molecule has 208 valence electrons. The fourth-order valence-corrected chi connectivity index (χ4v) is 5.63. The van der Waals surface area contributed by atoms with Gasteiger partial charge in [0.25, 0.3) is 17.9 Å². The van der Waals surface area contributed by atoms with Crippen molar-refractivity contribution >= 4 is 20.8 Å². The van der Waals surface area contributed by atoms with Crippen LogP contribution < -0.4 is 10.9 Å². The molecule has 38 heavy (non-hydrogen) atoms. The number of carbonyl (C=O) groups is 1. The van der Waals surface area contributed by atoms with Gasteiger partial charge in [-0.15, -0.1) is 0 Å². The molecule has 0 spiro atoms. The predicted molar refractivity (Wildman–Crippen MR) is 143 cm³/mol. The van der Waals surface area contributed by atoms with Crippen LogP contribution in [-0.4, -0.2) is 59.4 Å². The van der Waals surface area contributed by atoms with Gasteiger partial charge in [0.2, 0.25) is 0 Å². The van der Waals surface area contributed by atoms with E-state index in [1.807, 2.05) is 23.2 Å². The average molecular weight is 555 g/mol. The number of rotatable bonds is 9. The number of likely N-dealkylation sites (tertiary alicyclic amines) is 1. The lowest BCUT2D eigenvalue weighted by molar-refractivity contribution is 0.0639. The number of hydrogen-bond donors (Lipinski definition) is 1. The van der Waals surface area contributed by atoms with Gasteiger partial charge in [-0.1, -0.05) is 34.4 Å². The smallest absolute Gasteiger partial charge is 0.261 e. The lowest BCUT2D eigenvalue weighted by atomic mass is 9.94. The molecule has 0 radical (unpaired) electrons. The minimum atomic E-state index is -2.76. The van der Waals surface area contributed by atoms with Gasteiger partial charge in [0.15, 0.2) is 0 Å². The molecular formula is C27H35F4N4O2P. The average Bonchev–Trinajstić information content (AvgIpc) is 3.60. The number of aromatic nitrogens is 1. The molecule has 1 amide bonds. The summed E-state index contributed by atoms with van der Waals surface area (Å²) in [6, 6.07) is 4.77. The number of hydrogen-bond acceptors (Lipinski definition) is 4. The van der Waals surface area contributed by atoms with E-state index < -0.39 is 46.7 Å². The van der Waals surface area contributed by atoms with Crippen molar-refractivity contribution in [3.05, 3.63) is 63.3 Å². The van der Waals surface area contributed by atoms with E-state index in [4.69, 9.17) is 0 Å². The highest BCUT2D eigenvalue weighted by Gasteiger charge is 2.54. The summed E-state index contributed by atoms with van der Waals surface area (Å²) in [6.45, 7) is 5.14. The molecule has 11 heteroatoms. The zero-order valence-corrected chi connectivity index (χ0v) is 23.3. The van der Waals surface area contributed by atoms with Gasteiger partial charge in [0.1, 0.15) is 17.3 Å². The maximum absolute atomic E-state index is 15.1. The molecule has 0 bridgehead atoms. The minimum Gasteiger partial charge on any atom is -0.377 e. The Morgan fingerprint density at radius 3 is 2.39 bits per heavy atom. The summed E-state index contributed by atoms with van der Waals surface area (Å²) in [5.41, 5.74) is -2.33. The summed E-state index contributed by atoms with van der Waals surface area (Å²) >= 11 is 0. The van der Waals surface area contributed by atoms with Crippen molar-refractivity contribution in [1.82, 2.24) is 14.4 Å². The number of anilines is 1. The van der Waals surface area contributed by atoms with E-state index in [1.54, 1.807) is 6.92 Å². The van der Waals surface area contributed by atoms with Crippen LogP contribution in [0.3, 0.4) is 0 Å². The van der Waals surface area contributed by atoms with Crippen LogP contribution in [0.5, 0.6) is 0 Å². The molecular weight excluding hydrogens is 519 g/mol. The van der Waals surface area contributed by atoms with Gasteiger partial charge < -0.3 is 19.7 Å². The van der Waals surface area contributed by atoms with Crippen molar-refractivity contribution in [3.8, 4) is 0 Å². The second-order valence-corrected chi connectivity index (χ2v) is 11.3. The number of benzene rings is 1. The van der Waals surface area contributed by atoms with Gasteiger partial charge in [-0.2, -0.15) is 0 Å². The Hall–Kier alpha value is -2.45. The third-order valence-electron chi connectivity index (χ3n) is 8.26. The Morgan fingerprint density at radius 1 is 1.21 bits per heavy atom. The van der Waals surface area contributed by atoms with Gasteiger partial charge in [-0.3, -0.25) is 9.59 Å². The molecule has 6 nitrogen and oxygen atoms in total. The fourth-order valence-electron chi connectivity index (χ4n) is 5.37. The van der Waals surface area contributed by atoms with Crippen LogP contribution in [0.2, 0.25) is 0 Å².